The molecule has 0 aliphatic rings. The van der Waals surface area contributed by atoms with E-state index in [0.717, 1.165) is 0 Å². The predicted octanol–water partition coefficient (Wildman–Crippen LogP) is 2.60. The van der Waals surface area contributed by atoms with E-state index in [1.807, 2.05) is 5.32 Å². The number of rotatable bonds is 7. The van der Waals surface area contributed by atoms with E-state index in [1.165, 1.54) is 0 Å². The number of halogens is 3. The summed E-state index contributed by atoms with van der Waals surface area (Å²) in [5.41, 5.74) is 0.164. The van der Waals surface area contributed by atoms with E-state index in [0.29, 0.717) is 11.6 Å². The highest BCUT2D eigenvalue weighted by Gasteiger charge is 2.28. The molecule has 0 heterocycles. The zero-order valence-corrected chi connectivity index (χ0v) is 13.7. The lowest BCUT2D eigenvalue weighted by atomic mass is 10.0. The highest BCUT2D eigenvalue weighted by atomic mass is 19.2. The minimum absolute atomic E-state index is 0.153. The topological polar surface area (TPSA) is 92.7 Å². The first-order valence-electron chi connectivity index (χ1n) is 7.65. The van der Waals surface area contributed by atoms with Crippen LogP contribution in [0.3, 0.4) is 0 Å². The predicted molar refractivity (Wildman–Crippen MR) is 86.2 cm³/mol. The van der Waals surface area contributed by atoms with Gasteiger partial charge >= 0.3 is 12.1 Å². The Kier molecular flexibility index (Phi) is 6.53. The molecule has 27 heavy (non-hydrogen) atoms. The first-order chi connectivity index (χ1) is 12.8. The van der Waals surface area contributed by atoms with Crippen molar-refractivity contribution in [2.45, 2.75) is 19.1 Å². The summed E-state index contributed by atoms with van der Waals surface area (Å²) < 4.78 is 44.9. The van der Waals surface area contributed by atoms with Crippen LogP contribution in [0, 0.1) is 17.5 Å². The number of carboxylic acid groups (broad SMARTS) is 1. The molecule has 2 rings (SSSR count). The van der Waals surface area contributed by atoms with Gasteiger partial charge in [-0.15, -0.1) is 0 Å². The van der Waals surface area contributed by atoms with Gasteiger partial charge in [-0.25, -0.2) is 22.8 Å². The molecule has 1 amide bonds. The van der Waals surface area contributed by atoms with Gasteiger partial charge in [-0.1, -0.05) is 30.3 Å². The molecule has 0 saturated heterocycles. The quantitative estimate of drug-likeness (QED) is 0.568. The zero-order chi connectivity index (χ0) is 20.0. The number of ether oxygens (including phenoxy) is 1. The number of carbonyl (C=O) groups excluding carboxylic acids is 2. The summed E-state index contributed by atoms with van der Waals surface area (Å²) in [7, 11) is 0. The van der Waals surface area contributed by atoms with Crippen molar-refractivity contribution in [3.8, 4) is 0 Å². The average Bonchev–Trinajstić information content (AvgIpc) is 2.64. The Balaban J connectivity index is 2.10. The first kappa shape index (κ1) is 20.0. The normalized spacial score (nSPS) is 11.5. The monoisotopic (exact) mass is 381 g/mol. The van der Waals surface area contributed by atoms with E-state index < -0.39 is 53.3 Å². The van der Waals surface area contributed by atoms with E-state index in [2.05, 4.69) is 0 Å². The maximum Gasteiger partial charge on any atom is 0.408 e. The summed E-state index contributed by atoms with van der Waals surface area (Å²) in [5.74, 6) is -7.34. The Morgan fingerprint density at radius 2 is 1.63 bits per heavy atom. The highest BCUT2D eigenvalue weighted by molar-refractivity contribution is 6.35. The van der Waals surface area contributed by atoms with E-state index in [1.54, 1.807) is 30.3 Å². The van der Waals surface area contributed by atoms with Crippen LogP contribution in [0.25, 0.3) is 0 Å². The van der Waals surface area contributed by atoms with Gasteiger partial charge in [0, 0.05) is 12.5 Å². The van der Waals surface area contributed by atoms with Gasteiger partial charge < -0.3 is 15.2 Å². The lowest BCUT2D eigenvalue weighted by Crippen LogP contribution is -2.45. The maximum absolute atomic E-state index is 13.8. The van der Waals surface area contributed by atoms with Crippen molar-refractivity contribution in [3.05, 3.63) is 71.0 Å². The van der Waals surface area contributed by atoms with E-state index in [4.69, 9.17) is 9.84 Å². The number of ketones is 1. The third-order valence-corrected chi connectivity index (χ3v) is 3.55. The molecule has 1 unspecified atom stereocenters. The Morgan fingerprint density at radius 1 is 1.00 bits per heavy atom. The maximum atomic E-state index is 13.8. The van der Waals surface area contributed by atoms with Crippen molar-refractivity contribution >= 4 is 17.8 Å². The van der Waals surface area contributed by atoms with Gasteiger partial charge in [-0.05, 0) is 17.2 Å². The SMILES string of the molecule is O=C(NC(Cc1cc(F)c(F)cc1F)C(=O)C(=O)O)OCc1ccccc1. The molecule has 0 fully saturated rings. The van der Waals surface area contributed by atoms with Crippen molar-refractivity contribution in [1.82, 2.24) is 5.32 Å². The van der Waals surface area contributed by atoms with E-state index in [9.17, 15) is 27.6 Å². The summed E-state index contributed by atoms with van der Waals surface area (Å²) in [4.78, 5) is 34.5. The summed E-state index contributed by atoms with van der Waals surface area (Å²) in [6.45, 7) is -0.153. The van der Waals surface area contributed by atoms with Crippen molar-refractivity contribution in [2.24, 2.45) is 0 Å². The second-order valence-electron chi connectivity index (χ2n) is 5.49. The Labute approximate surface area is 151 Å². The molecule has 0 radical (unpaired) electrons. The molecule has 0 aliphatic carbocycles. The lowest BCUT2D eigenvalue weighted by Gasteiger charge is -2.16. The average molecular weight is 381 g/mol. The molecule has 2 N–H and O–H groups in total. The molecule has 142 valence electrons. The molecule has 0 aliphatic heterocycles. The zero-order valence-electron chi connectivity index (χ0n) is 13.7. The molecular weight excluding hydrogens is 367 g/mol. The number of hydrogen-bond acceptors (Lipinski definition) is 4. The van der Waals surface area contributed by atoms with Gasteiger partial charge in [0.25, 0.3) is 5.78 Å². The van der Waals surface area contributed by atoms with Crippen LogP contribution < -0.4 is 5.32 Å². The van der Waals surface area contributed by atoms with Gasteiger partial charge in [0.2, 0.25) is 0 Å². The Hall–Kier alpha value is -3.36. The number of hydrogen-bond donors (Lipinski definition) is 2. The van der Waals surface area contributed by atoms with Crippen LogP contribution in [0.4, 0.5) is 18.0 Å². The van der Waals surface area contributed by atoms with Crippen LogP contribution in [-0.4, -0.2) is 29.0 Å². The number of nitrogens with one attached hydrogen (secondary N) is 1. The van der Waals surface area contributed by atoms with Gasteiger partial charge in [0.05, 0.1) is 0 Å². The number of Topliss-reactive ketones (excluding diaryl/α,β-unsaturated/α-hetero) is 1. The van der Waals surface area contributed by atoms with Crippen molar-refractivity contribution in [3.63, 3.8) is 0 Å². The second kappa shape index (κ2) is 8.84. The van der Waals surface area contributed by atoms with Gasteiger partial charge in [0.1, 0.15) is 18.5 Å². The molecule has 2 aromatic carbocycles. The molecule has 9 heteroatoms. The lowest BCUT2D eigenvalue weighted by molar-refractivity contribution is -0.150. The molecule has 0 aromatic heterocycles. The number of amides is 1. The fourth-order valence-corrected chi connectivity index (χ4v) is 2.21. The molecule has 6 nitrogen and oxygen atoms in total. The number of alkyl carbamates (subject to hydrolysis) is 1. The molecule has 1 atom stereocenters. The Morgan fingerprint density at radius 3 is 2.26 bits per heavy atom. The minimum Gasteiger partial charge on any atom is -0.475 e. The first-order valence-corrected chi connectivity index (χ1v) is 7.65. The molecule has 0 spiro atoms. The van der Waals surface area contributed by atoms with E-state index in [-0.39, 0.29) is 12.7 Å². The third-order valence-electron chi connectivity index (χ3n) is 3.55. The largest absolute Gasteiger partial charge is 0.475 e. The standard InChI is InChI=1S/C18H14F3NO5/c19-12-8-14(21)13(20)6-11(12)7-15(16(23)17(24)25)22-18(26)27-9-10-4-2-1-3-5-10/h1-6,8,15H,7,9H2,(H,22,26)(H,24,25). The summed E-state index contributed by atoms with van der Waals surface area (Å²) >= 11 is 0. The van der Waals surface area contributed by atoms with Crippen molar-refractivity contribution in [2.75, 3.05) is 0 Å². The van der Waals surface area contributed by atoms with Crippen LogP contribution in [-0.2, 0) is 27.4 Å². The third kappa shape index (κ3) is 5.56. The van der Waals surface area contributed by atoms with Gasteiger partial charge in [-0.2, -0.15) is 0 Å². The van der Waals surface area contributed by atoms with Crippen LogP contribution >= 0.6 is 0 Å². The molecular formula is C18H14F3NO5. The summed E-state index contributed by atoms with van der Waals surface area (Å²) in [6.07, 6.45) is -1.82. The molecule has 0 bridgehead atoms. The minimum atomic E-state index is -1.88. The van der Waals surface area contributed by atoms with E-state index >= 15 is 0 Å². The number of benzene rings is 2. The fourth-order valence-electron chi connectivity index (χ4n) is 2.21. The van der Waals surface area contributed by atoms with Gasteiger partial charge in [-0.3, -0.25) is 4.79 Å². The summed E-state index contributed by atoms with van der Waals surface area (Å²) in [6, 6.07) is 7.53. The van der Waals surface area contributed by atoms with Crippen LogP contribution in [0.5, 0.6) is 0 Å². The highest BCUT2D eigenvalue weighted by Crippen LogP contribution is 2.16. The van der Waals surface area contributed by atoms with Crippen molar-refractivity contribution < 1.29 is 37.4 Å². The van der Waals surface area contributed by atoms with Crippen LogP contribution in [0.15, 0.2) is 42.5 Å². The fraction of sp³-hybridized carbons (Fsp3) is 0.167. The number of carboxylic acids is 1. The molecule has 0 saturated carbocycles. The Bertz CT molecular complexity index is 858. The number of aliphatic carboxylic acids is 1. The van der Waals surface area contributed by atoms with Crippen LogP contribution in [0.1, 0.15) is 11.1 Å². The van der Waals surface area contributed by atoms with Gasteiger partial charge in [0.15, 0.2) is 11.6 Å². The van der Waals surface area contributed by atoms with Crippen LogP contribution in [0.2, 0.25) is 0 Å². The molecule has 2 aromatic rings. The number of carbonyl (C=O) groups is 3. The smallest absolute Gasteiger partial charge is 0.408 e. The second-order valence-corrected chi connectivity index (χ2v) is 5.49. The van der Waals surface area contributed by atoms with Crippen molar-refractivity contribution in [1.29, 1.82) is 0 Å². The summed E-state index contributed by atoms with van der Waals surface area (Å²) in [5, 5.41) is 10.9.